The van der Waals surface area contributed by atoms with Gasteiger partial charge in [-0.1, -0.05) is 6.92 Å². The maximum Gasteiger partial charge on any atom is 0.0944 e. The standard InChI is InChI=1S/C13H23N3S/c1-4-11-12(9-14-10-5-6-10)17-13(15-11)7-8-16(2)3/h10,14H,4-9H2,1-3H3. The molecule has 2 rings (SSSR count). The third-order valence-corrected chi connectivity index (χ3v) is 4.22. The molecule has 1 aromatic heterocycles. The van der Waals surface area contributed by atoms with Crippen molar-refractivity contribution in [2.75, 3.05) is 20.6 Å². The number of thiazole rings is 1. The average molecular weight is 253 g/mol. The maximum absolute atomic E-state index is 4.75. The van der Waals surface area contributed by atoms with Gasteiger partial charge < -0.3 is 10.2 Å². The molecule has 3 nitrogen and oxygen atoms in total. The third-order valence-electron chi connectivity index (χ3n) is 3.06. The molecule has 1 N–H and O–H groups in total. The van der Waals surface area contributed by atoms with Gasteiger partial charge in [0, 0.05) is 30.4 Å². The van der Waals surface area contributed by atoms with Crippen molar-refractivity contribution >= 4 is 11.3 Å². The van der Waals surface area contributed by atoms with Gasteiger partial charge in [-0.15, -0.1) is 11.3 Å². The summed E-state index contributed by atoms with van der Waals surface area (Å²) in [5.74, 6) is 0. The number of hydrogen-bond donors (Lipinski definition) is 1. The fraction of sp³-hybridized carbons (Fsp3) is 0.769. The predicted octanol–water partition coefficient (Wildman–Crippen LogP) is 2.06. The van der Waals surface area contributed by atoms with Crippen LogP contribution in [0, 0.1) is 0 Å². The molecule has 1 saturated carbocycles. The summed E-state index contributed by atoms with van der Waals surface area (Å²) in [6.45, 7) is 4.31. The molecule has 1 heterocycles. The van der Waals surface area contributed by atoms with E-state index in [1.165, 1.54) is 28.4 Å². The minimum atomic E-state index is 0.784. The summed E-state index contributed by atoms with van der Waals surface area (Å²) in [5.41, 5.74) is 1.30. The van der Waals surface area contributed by atoms with Crippen LogP contribution in [0.1, 0.15) is 35.3 Å². The monoisotopic (exact) mass is 253 g/mol. The van der Waals surface area contributed by atoms with E-state index in [4.69, 9.17) is 4.98 Å². The quantitative estimate of drug-likeness (QED) is 0.806. The van der Waals surface area contributed by atoms with Gasteiger partial charge >= 0.3 is 0 Å². The van der Waals surface area contributed by atoms with E-state index < -0.39 is 0 Å². The minimum absolute atomic E-state index is 0.784. The summed E-state index contributed by atoms with van der Waals surface area (Å²) in [7, 11) is 4.23. The Kier molecular flexibility index (Phi) is 4.54. The van der Waals surface area contributed by atoms with Gasteiger partial charge in [-0.05, 0) is 33.4 Å². The number of nitrogens with one attached hydrogen (secondary N) is 1. The number of nitrogens with zero attached hydrogens (tertiary/aromatic N) is 2. The summed E-state index contributed by atoms with van der Waals surface area (Å²) < 4.78 is 0. The maximum atomic E-state index is 4.75. The van der Waals surface area contributed by atoms with Crippen LogP contribution in [0.15, 0.2) is 0 Å². The fourth-order valence-electron chi connectivity index (χ4n) is 1.80. The zero-order valence-corrected chi connectivity index (χ0v) is 11.9. The molecule has 0 unspecified atom stereocenters. The van der Waals surface area contributed by atoms with Crippen molar-refractivity contribution in [3.05, 3.63) is 15.6 Å². The van der Waals surface area contributed by atoms with Crippen LogP contribution in [0.3, 0.4) is 0 Å². The van der Waals surface area contributed by atoms with Crippen LogP contribution in [-0.2, 0) is 19.4 Å². The van der Waals surface area contributed by atoms with Crippen LogP contribution >= 0.6 is 11.3 Å². The fourth-order valence-corrected chi connectivity index (χ4v) is 2.90. The van der Waals surface area contributed by atoms with Crippen molar-refractivity contribution in [3.63, 3.8) is 0 Å². The molecule has 0 radical (unpaired) electrons. The molecule has 1 aromatic rings. The summed E-state index contributed by atoms with van der Waals surface area (Å²) in [4.78, 5) is 8.42. The molecular weight excluding hydrogens is 230 g/mol. The topological polar surface area (TPSA) is 28.2 Å². The molecule has 1 aliphatic rings. The van der Waals surface area contributed by atoms with Gasteiger partial charge in [0.05, 0.1) is 10.7 Å². The molecule has 0 atom stereocenters. The summed E-state index contributed by atoms with van der Waals surface area (Å²) in [5, 5.41) is 4.88. The normalized spacial score (nSPS) is 15.8. The zero-order chi connectivity index (χ0) is 12.3. The second kappa shape index (κ2) is 5.94. The average Bonchev–Trinajstić information content (AvgIpc) is 3.04. The molecule has 4 heteroatoms. The number of hydrogen-bond acceptors (Lipinski definition) is 4. The Balaban J connectivity index is 1.92. The van der Waals surface area contributed by atoms with Crippen LogP contribution in [0.4, 0.5) is 0 Å². The molecule has 0 aromatic carbocycles. The Hall–Kier alpha value is -0.450. The molecule has 1 aliphatic carbocycles. The van der Waals surface area contributed by atoms with Gasteiger partial charge in [-0.2, -0.15) is 0 Å². The molecule has 0 spiro atoms. The van der Waals surface area contributed by atoms with Gasteiger partial charge in [-0.25, -0.2) is 4.98 Å². The lowest BCUT2D eigenvalue weighted by Crippen LogP contribution is -2.15. The number of aromatic nitrogens is 1. The SMILES string of the molecule is CCc1nc(CCN(C)C)sc1CNC1CC1. The Morgan fingerprint density at radius 1 is 1.41 bits per heavy atom. The number of rotatable bonds is 7. The highest BCUT2D eigenvalue weighted by Crippen LogP contribution is 2.23. The molecule has 0 aliphatic heterocycles. The van der Waals surface area contributed by atoms with E-state index >= 15 is 0 Å². The van der Waals surface area contributed by atoms with Crippen LogP contribution < -0.4 is 5.32 Å². The molecule has 0 amide bonds. The van der Waals surface area contributed by atoms with Gasteiger partial charge in [0.2, 0.25) is 0 Å². The molecule has 0 bridgehead atoms. The summed E-state index contributed by atoms with van der Waals surface area (Å²) >= 11 is 1.90. The van der Waals surface area contributed by atoms with Gasteiger partial charge in [-0.3, -0.25) is 0 Å². The van der Waals surface area contributed by atoms with E-state index in [0.29, 0.717) is 0 Å². The molecule has 0 saturated heterocycles. The largest absolute Gasteiger partial charge is 0.309 e. The number of likely N-dealkylation sites (N-methyl/N-ethyl adjacent to an activating group) is 1. The number of aryl methyl sites for hydroxylation is 1. The second-order valence-corrected chi connectivity index (χ2v) is 6.21. The van der Waals surface area contributed by atoms with Crippen molar-refractivity contribution in [1.82, 2.24) is 15.2 Å². The zero-order valence-electron chi connectivity index (χ0n) is 11.1. The van der Waals surface area contributed by atoms with E-state index in [1.54, 1.807) is 0 Å². The first-order valence-corrected chi connectivity index (χ1v) is 7.36. The molecule has 96 valence electrons. The highest BCUT2D eigenvalue weighted by atomic mass is 32.1. The van der Waals surface area contributed by atoms with E-state index in [1.807, 2.05) is 11.3 Å². The smallest absolute Gasteiger partial charge is 0.0944 e. The highest BCUT2D eigenvalue weighted by molar-refractivity contribution is 7.11. The van der Waals surface area contributed by atoms with Crippen molar-refractivity contribution in [2.24, 2.45) is 0 Å². The molecule has 1 fully saturated rings. The molecule has 17 heavy (non-hydrogen) atoms. The van der Waals surface area contributed by atoms with E-state index in [0.717, 1.165) is 32.0 Å². The third kappa shape index (κ3) is 4.05. The summed E-state index contributed by atoms with van der Waals surface area (Å²) in [6.07, 6.45) is 4.84. The Morgan fingerprint density at radius 3 is 2.76 bits per heavy atom. The first-order valence-electron chi connectivity index (χ1n) is 6.54. The lowest BCUT2D eigenvalue weighted by molar-refractivity contribution is 0.413. The first-order chi connectivity index (χ1) is 8.19. The van der Waals surface area contributed by atoms with Crippen molar-refractivity contribution in [1.29, 1.82) is 0 Å². The molecular formula is C13H23N3S. The summed E-state index contributed by atoms with van der Waals surface area (Å²) in [6, 6.07) is 0.784. The van der Waals surface area contributed by atoms with Crippen LogP contribution in [0.25, 0.3) is 0 Å². The van der Waals surface area contributed by atoms with Crippen LogP contribution in [0.2, 0.25) is 0 Å². The van der Waals surface area contributed by atoms with Gasteiger partial charge in [0.1, 0.15) is 0 Å². The van der Waals surface area contributed by atoms with Crippen LogP contribution in [0.5, 0.6) is 0 Å². The Morgan fingerprint density at radius 2 is 2.18 bits per heavy atom. The first kappa shape index (κ1) is 13.0. The van der Waals surface area contributed by atoms with Gasteiger partial charge in [0.25, 0.3) is 0 Å². The van der Waals surface area contributed by atoms with Crippen LogP contribution in [-0.4, -0.2) is 36.6 Å². The van der Waals surface area contributed by atoms with Crippen molar-refractivity contribution in [3.8, 4) is 0 Å². The van der Waals surface area contributed by atoms with Gasteiger partial charge in [0.15, 0.2) is 0 Å². The Bertz CT molecular complexity index is 356. The highest BCUT2D eigenvalue weighted by Gasteiger charge is 2.21. The van der Waals surface area contributed by atoms with Crippen molar-refractivity contribution < 1.29 is 0 Å². The van der Waals surface area contributed by atoms with E-state index in [-0.39, 0.29) is 0 Å². The lowest BCUT2D eigenvalue weighted by atomic mass is 10.3. The van der Waals surface area contributed by atoms with Crippen molar-refractivity contribution in [2.45, 2.75) is 45.2 Å². The predicted molar refractivity (Wildman–Crippen MR) is 73.6 cm³/mol. The van der Waals surface area contributed by atoms with E-state index in [9.17, 15) is 0 Å². The minimum Gasteiger partial charge on any atom is -0.309 e. The Labute approximate surface area is 108 Å². The van der Waals surface area contributed by atoms with E-state index in [2.05, 4.69) is 31.2 Å². The lowest BCUT2D eigenvalue weighted by Gasteiger charge is -2.06. The second-order valence-electron chi connectivity index (χ2n) is 5.04.